The number of anilines is 1. The predicted octanol–water partition coefficient (Wildman–Crippen LogP) is 3.63. The SMILES string of the molecule is COc1ccc(C)cc1NC(=O)[C@H](C)Oc1ccc([N+](=O)[O-])c(C)c1. The lowest BCUT2D eigenvalue weighted by molar-refractivity contribution is -0.385. The van der Waals surface area contributed by atoms with E-state index in [1.165, 1.54) is 25.3 Å². The maximum absolute atomic E-state index is 12.4. The van der Waals surface area contributed by atoms with Crippen LogP contribution in [-0.2, 0) is 4.79 Å². The number of benzene rings is 2. The van der Waals surface area contributed by atoms with Crippen LogP contribution in [0.4, 0.5) is 11.4 Å². The number of nitrogens with zero attached hydrogens (tertiary/aromatic N) is 1. The van der Waals surface area contributed by atoms with Gasteiger partial charge in [-0.25, -0.2) is 0 Å². The Bertz CT molecular complexity index is 804. The number of ether oxygens (including phenoxy) is 2. The minimum Gasteiger partial charge on any atom is -0.495 e. The van der Waals surface area contributed by atoms with Gasteiger partial charge in [-0.15, -0.1) is 0 Å². The van der Waals surface area contributed by atoms with E-state index in [9.17, 15) is 14.9 Å². The number of nitrogens with one attached hydrogen (secondary N) is 1. The van der Waals surface area contributed by atoms with Gasteiger partial charge < -0.3 is 14.8 Å². The topological polar surface area (TPSA) is 90.7 Å². The quantitative estimate of drug-likeness (QED) is 0.638. The molecule has 132 valence electrons. The van der Waals surface area contributed by atoms with Gasteiger partial charge in [0.2, 0.25) is 0 Å². The van der Waals surface area contributed by atoms with Crippen LogP contribution in [0.25, 0.3) is 0 Å². The highest BCUT2D eigenvalue weighted by atomic mass is 16.6. The Morgan fingerprint density at radius 3 is 2.52 bits per heavy atom. The summed E-state index contributed by atoms with van der Waals surface area (Å²) >= 11 is 0. The third-order valence-corrected chi connectivity index (χ3v) is 3.66. The van der Waals surface area contributed by atoms with Gasteiger partial charge in [0.05, 0.1) is 17.7 Å². The van der Waals surface area contributed by atoms with Crippen LogP contribution in [-0.4, -0.2) is 24.0 Å². The second kappa shape index (κ2) is 7.65. The van der Waals surface area contributed by atoms with Gasteiger partial charge in [0, 0.05) is 11.6 Å². The number of carbonyl (C=O) groups is 1. The molecule has 25 heavy (non-hydrogen) atoms. The molecule has 0 heterocycles. The zero-order valence-corrected chi connectivity index (χ0v) is 14.5. The third kappa shape index (κ3) is 4.47. The number of methoxy groups -OCH3 is 1. The molecule has 0 aliphatic heterocycles. The second-order valence-electron chi connectivity index (χ2n) is 5.66. The molecule has 0 bridgehead atoms. The Balaban J connectivity index is 2.09. The molecule has 7 heteroatoms. The minimum absolute atomic E-state index is 0.00829. The van der Waals surface area contributed by atoms with Gasteiger partial charge in [0.15, 0.2) is 6.10 Å². The average Bonchev–Trinajstić information content (AvgIpc) is 2.54. The predicted molar refractivity (Wildman–Crippen MR) is 94.3 cm³/mol. The highest BCUT2D eigenvalue weighted by molar-refractivity contribution is 5.95. The standard InChI is InChI=1S/C18H20N2O5/c1-11-5-8-17(24-4)15(9-11)19-18(21)13(3)25-14-6-7-16(20(22)23)12(2)10-14/h5-10,13H,1-4H3,(H,19,21)/t13-/m0/s1. The van der Waals surface area contributed by atoms with E-state index in [0.29, 0.717) is 22.7 Å². The monoisotopic (exact) mass is 344 g/mol. The number of nitro benzene ring substituents is 1. The fraction of sp³-hybridized carbons (Fsp3) is 0.278. The van der Waals surface area contributed by atoms with Crippen molar-refractivity contribution in [2.24, 2.45) is 0 Å². The van der Waals surface area contributed by atoms with Crippen LogP contribution < -0.4 is 14.8 Å². The molecule has 0 saturated carbocycles. The summed E-state index contributed by atoms with van der Waals surface area (Å²) in [5.41, 5.74) is 2.02. The lowest BCUT2D eigenvalue weighted by Gasteiger charge is -2.16. The fourth-order valence-electron chi connectivity index (χ4n) is 2.32. The molecule has 1 N–H and O–H groups in total. The van der Waals surface area contributed by atoms with E-state index in [2.05, 4.69) is 5.32 Å². The molecule has 2 aromatic carbocycles. The van der Waals surface area contributed by atoms with Crippen LogP contribution in [0.1, 0.15) is 18.1 Å². The summed E-state index contributed by atoms with van der Waals surface area (Å²) < 4.78 is 10.8. The number of carbonyl (C=O) groups excluding carboxylic acids is 1. The molecule has 2 aromatic rings. The smallest absolute Gasteiger partial charge is 0.272 e. The van der Waals surface area contributed by atoms with Gasteiger partial charge >= 0.3 is 0 Å². The summed E-state index contributed by atoms with van der Waals surface area (Å²) in [5.74, 6) is 0.596. The van der Waals surface area contributed by atoms with E-state index < -0.39 is 11.0 Å². The summed E-state index contributed by atoms with van der Waals surface area (Å²) in [6, 6.07) is 9.83. The first kappa shape index (κ1) is 18.3. The zero-order valence-electron chi connectivity index (χ0n) is 14.5. The van der Waals surface area contributed by atoms with E-state index in [1.54, 1.807) is 26.0 Å². The molecule has 0 unspecified atom stereocenters. The van der Waals surface area contributed by atoms with Crippen molar-refractivity contribution in [3.8, 4) is 11.5 Å². The molecule has 1 atom stereocenters. The number of nitro groups is 1. The summed E-state index contributed by atoms with van der Waals surface area (Å²) in [5, 5.41) is 13.6. The maximum Gasteiger partial charge on any atom is 0.272 e. The number of hydrogen-bond acceptors (Lipinski definition) is 5. The van der Waals surface area contributed by atoms with E-state index >= 15 is 0 Å². The van der Waals surface area contributed by atoms with Gasteiger partial charge in [0.1, 0.15) is 11.5 Å². The van der Waals surface area contributed by atoms with Crippen LogP contribution >= 0.6 is 0 Å². The fourth-order valence-corrected chi connectivity index (χ4v) is 2.32. The lowest BCUT2D eigenvalue weighted by Crippen LogP contribution is -2.30. The van der Waals surface area contributed by atoms with E-state index in [0.717, 1.165) is 5.56 Å². The van der Waals surface area contributed by atoms with Crippen molar-refractivity contribution < 1.29 is 19.2 Å². The Kier molecular flexibility index (Phi) is 5.59. The molecule has 2 rings (SSSR count). The first-order valence-electron chi connectivity index (χ1n) is 7.69. The Hall–Kier alpha value is -3.09. The molecule has 0 spiro atoms. The summed E-state index contributed by atoms with van der Waals surface area (Å²) in [6.45, 7) is 5.14. The van der Waals surface area contributed by atoms with E-state index in [-0.39, 0.29) is 11.6 Å². The minimum atomic E-state index is -0.786. The molecule has 0 aliphatic rings. The van der Waals surface area contributed by atoms with Crippen LogP contribution in [0, 0.1) is 24.0 Å². The van der Waals surface area contributed by atoms with Crippen molar-refractivity contribution >= 4 is 17.3 Å². The van der Waals surface area contributed by atoms with Crippen molar-refractivity contribution in [2.45, 2.75) is 26.9 Å². The molecule has 7 nitrogen and oxygen atoms in total. The van der Waals surface area contributed by atoms with Gasteiger partial charge in [-0.3, -0.25) is 14.9 Å². The molecular weight excluding hydrogens is 324 g/mol. The van der Waals surface area contributed by atoms with Crippen molar-refractivity contribution in [1.82, 2.24) is 0 Å². The highest BCUT2D eigenvalue weighted by Crippen LogP contribution is 2.26. The van der Waals surface area contributed by atoms with E-state index in [1.807, 2.05) is 13.0 Å². The summed E-state index contributed by atoms with van der Waals surface area (Å²) in [7, 11) is 1.53. The molecular formula is C18H20N2O5. The van der Waals surface area contributed by atoms with Crippen LogP contribution in [0.15, 0.2) is 36.4 Å². The zero-order chi connectivity index (χ0) is 18.6. The number of aryl methyl sites for hydroxylation is 2. The first-order valence-corrected chi connectivity index (χ1v) is 7.69. The van der Waals surface area contributed by atoms with Crippen molar-refractivity contribution in [1.29, 1.82) is 0 Å². The Morgan fingerprint density at radius 1 is 1.20 bits per heavy atom. The molecule has 1 amide bonds. The molecule has 0 aliphatic carbocycles. The van der Waals surface area contributed by atoms with Gasteiger partial charge in [0.25, 0.3) is 11.6 Å². The van der Waals surface area contributed by atoms with Gasteiger partial charge in [-0.05, 0) is 50.6 Å². The maximum atomic E-state index is 12.4. The first-order chi connectivity index (χ1) is 11.8. The summed E-state index contributed by atoms with van der Waals surface area (Å²) in [6.07, 6.45) is -0.786. The molecule has 0 fully saturated rings. The van der Waals surface area contributed by atoms with Crippen LogP contribution in [0.3, 0.4) is 0 Å². The average molecular weight is 344 g/mol. The molecule has 0 radical (unpaired) electrons. The molecule has 0 saturated heterocycles. The summed E-state index contributed by atoms with van der Waals surface area (Å²) in [4.78, 5) is 22.7. The van der Waals surface area contributed by atoms with Crippen molar-refractivity contribution in [2.75, 3.05) is 12.4 Å². The van der Waals surface area contributed by atoms with Crippen LogP contribution in [0.2, 0.25) is 0 Å². The Morgan fingerprint density at radius 2 is 1.92 bits per heavy atom. The van der Waals surface area contributed by atoms with Crippen LogP contribution in [0.5, 0.6) is 11.5 Å². The number of amides is 1. The normalized spacial score (nSPS) is 11.5. The second-order valence-corrected chi connectivity index (χ2v) is 5.66. The van der Waals surface area contributed by atoms with Gasteiger partial charge in [-0.1, -0.05) is 6.07 Å². The Labute approximate surface area is 145 Å². The van der Waals surface area contributed by atoms with Gasteiger partial charge in [-0.2, -0.15) is 0 Å². The largest absolute Gasteiger partial charge is 0.495 e. The van der Waals surface area contributed by atoms with E-state index in [4.69, 9.17) is 9.47 Å². The highest BCUT2D eigenvalue weighted by Gasteiger charge is 2.18. The molecule has 0 aromatic heterocycles. The van der Waals surface area contributed by atoms with Crippen molar-refractivity contribution in [3.63, 3.8) is 0 Å². The number of hydrogen-bond donors (Lipinski definition) is 1. The third-order valence-electron chi connectivity index (χ3n) is 3.66. The van der Waals surface area contributed by atoms with Crippen molar-refractivity contribution in [3.05, 3.63) is 57.6 Å². The lowest BCUT2D eigenvalue weighted by atomic mass is 10.2. The number of rotatable bonds is 6.